The van der Waals surface area contributed by atoms with Crippen LogP contribution < -0.4 is 36.6 Å². The summed E-state index contributed by atoms with van der Waals surface area (Å²) in [5.74, 6) is 1.09. The van der Waals surface area contributed by atoms with E-state index in [0.717, 1.165) is 26.5 Å². The van der Waals surface area contributed by atoms with E-state index in [1.807, 2.05) is 170 Å². The van der Waals surface area contributed by atoms with E-state index in [4.69, 9.17) is 4.74 Å². The van der Waals surface area contributed by atoms with Crippen LogP contribution in [0.25, 0.3) is 0 Å². The lowest BCUT2D eigenvalue weighted by Gasteiger charge is -2.23. The number of ether oxygens (including phenoxy) is 1. The predicted octanol–water partition coefficient (Wildman–Crippen LogP) is 6.76. The zero-order valence-corrected chi connectivity index (χ0v) is 24.1. The molecule has 5 heteroatoms. The molecule has 0 saturated heterocycles. The number of rotatable bonds is 8. The molecule has 0 unspecified atom stereocenters. The Balaban J connectivity index is 1.40. The Kier molecular flexibility index (Phi) is 7.57. The van der Waals surface area contributed by atoms with Gasteiger partial charge in [0, 0.05) is 26.5 Å². The molecule has 0 aliphatic rings. The van der Waals surface area contributed by atoms with Crippen molar-refractivity contribution in [3.8, 4) is 11.5 Å². The highest BCUT2D eigenvalue weighted by Gasteiger charge is 2.33. The fourth-order valence-electron chi connectivity index (χ4n) is 5.08. The van der Waals surface area contributed by atoms with Crippen molar-refractivity contribution in [2.24, 2.45) is 0 Å². The Bertz CT molecular complexity index is 1750. The lowest BCUT2D eigenvalue weighted by Crippen LogP contribution is -2.26. The Morgan fingerprint density at radius 3 is 1.12 bits per heavy atom. The van der Waals surface area contributed by atoms with Crippen LogP contribution in [0, 0.1) is 0 Å². The molecular formula is C36H28O3P2. The third-order valence-corrected chi connectivity index (χ3v) is 13.3. The van der Waals surface area contributed by atoms with Crippen LogP contribution >= 0.6 is 14.3 Å². The van der Waals surface area contributed by atoms with Crippen LogP contribution in [0.3, 0.4) is 0 Å². The molecule has 200 valence electrons. The number of hydrogen-bond acceptors (Lipinski definition) is 3. The molecule has 3 nitrogen and oxygen atoms in total. The summed E-state index contributed by atoms with van der Waals surface area (Å²) in [6.07, 6.45) is 0. The van der Waals surface area contributed by atoms with Crippen LogP contribution in [0.4, 0.5) is 0 Å². The minimum atomic E-state index is -3.24. The van der Waals surface area contributed by atoms with Crippen molar-refractivity contribution in [1.29, 1.82) is 0 Å². The van der Waals surface area contributed by atoms with E-state index in [1.165, 1.54) is 0 Å². The molecule has 41 heavy (non-hydrogen) atoms. The minimum Gasteiger partial charge on any atom is -0.457 e. The van der Waals surface area contributed by atoms with Crippen molar-refractivity contribution in [2.75, 3.05) is 0 Å². The second-order valence-electron chi connectivity index (χ2n) is 9.62. The lowest BCUT2D eigenvalue weighted by molar-refractivity contribution is 0.486. The summed E-state index contributed by atoms with van der Waals surface area (Å²) >= 11 is 0. The Labute approximate surface area is 240 Å². The normalized spacial score (nSPS) is 11.6. The van der Waals surface area contributed by atoms with Gasteiger partial charge in [-0.3, -0.25) is 0 Å². The summed E-state index contributed by atoms with van der Waals surface area (Å²) in [5.41, 5.74) is 0. The SMILES string of the molecule is O=P(c1ccccc1)(c1ccccc1)c1ccc(Oc2ccccc2P(=O)(c2ccccc2)c2ccccc2)cc1. The van der Waals surface area contributed by atoms with Gasteiger partial charge in [0.05, 0.1) is 5.30 Å². The number of para-hydroxylation sites is 1. The van der Waals surface area contributed by atoms with Crippen molar-refractivity contribution in [3.05, 3.63) is 170 Å². The Morgan fingerprint density at radius 1 is 0.341 bits per heavy atom. The van der Waals surface area contributed by atoms with Gasteiger partial charge in [0.1, 0.15) is 11.5 Å². The molecule has 6 aromatic rings. The van der Waals surface area contributed by atoms with Crippen molar-refractivity contribution >= 4 is 46.1 Å². The highest BCUT2D eigenvalue weighted by Crippen LogP contribution is 2.46. The van der Waals surface area contributed by atoms with E-state index in [-0.39, 0.29) is 0 Å². The number of hydrogen-bond donors (Lipinski definition) is 0. The van der Waals surface area contributed by atoms with E-state index in [1.54, 1.807) is 0 Å². The molecule has 0 atom stereocenters. The first kappa shape index (κ1) is 26.8. The van der Waals surface area contributed by atoms with Crippen molar-refractivity contribution in [1.82, 2.24) is 0 Å². The maximum Gasteiger partial charge on any atom is 0.174 e. The second kappa shape index (κ2) is 11.6. The highest BCUT2D eigenvalue weighted by atomic mass is 31.2. The molecule has 0 radical (unpaired) electrons. The summed E-state index contributed by atoms with van der Waals surface area (Å²) < 4.78 is 36.1. The average Bonchev–Trinajstić information content (AvgIpc) is 3.06. The third-order valence-electron chi connectivity index (χ3n) is 7.11. The largest absolute Gasteiger partial charge is 0.457 e. The molecule has 0 N–H and O–H groups in total. The molecule has 6 rings (SSSR count). The van der Waals surface area contributed by atoms with Crippen LogP contribution in [-0.2, 0) is 9.13 Å². The molecule has 0 bridgehead atoms. The Morgan fingerprint density at radius 2 is 0.683 bits per heavy atom. The van der Waals surface area contributed by atoms with Crippen molar-refractivity contribution in [2.45, 2.75) is 0 Å². The summed E-state index contributed by atoms with van der Waals surface area (Å²) in [4.78, 5) is 0. The first-order chi connectivity index (χ1) is 20.1. The first-order valence-corrected chi connectivity index (χ1v) is 16.8. The highest BCUT2D eigenvalue weighted by molar-refractivity contribution is 7.85. The van der Waals surface area contributed by atoms with Gasteiger partial charge in [-0.15, -0.1) is 0 Å². The van der Waals surface area contributed by atoms with Crippen molar-refractivity contribution in [3.63, 3.8) is 0 Å². The van der Waals surface area contributed by atoms with Gasteiger partial charge in [-0.05, 0) is 36.4 Å². The van der Waals surface area contributed by atoms with Crippen molar-refractivity contribution < 1.29 is 13.9 Å². The van der Waals surface area contributed by atoms with Gasteiger partial charge in [-0.25, -0.2) is 0 Å². The zero-order chi connectivity index (χ0) is 28.1. The van der Waals surface area contributed by atoms with Gasteiger partial charge in [-0.1, -0.05) is 133 Å². The third kappa shape index (κ3) is 5.11. The minimum absolute atomic E-state index is 0.519. The van der Waals surface area contributed by atoms with E-state index in [9.17, 15) is 4.57 Å². The van der Waals surface area contributed by atoms with Gasteiger partial charge >= 0.3 is 0 Å². The maximum atomic E-state index is 15.0. The predicted molar refractivity (Wildman–Crippen MR) is 172 cm³/mol. The smallest absolute Gasteiger partial charge is 0.174 e. The lowest BCUT2D eigenvalue weighted by atomic mass is 10.3. The summed E-state index contributed by atoms with van der Waals surface area (Å²) in [6, 6.07) is 53.2. The van der Waals surface area contributed by atoms with E-state index in [0.29, 0.717) is 16.8 Å². The second-order valence-corrected chi connectivity index (χ2v) is 15.1. The fraction of sp³-hybridized carbons (Fsp3) is 0. The quantitative estimate of drug-likeness (QED) is 0.190. The molecule has 0 heterocycles. The van der Waals surface area contributed by atoms with Gasteiger partial charge in [-0.2, -0.15) is 0 Å². The topological polar surface area (TPSA) is 43.4 Å². The van der Waals surface area contributed by atoms with Crippen LogP contribution in [0.5, 0.6) is 11.5 Å². The van der Waals surface area contributed by atoms with Crippen LogP contribution in [-0.4, -0.2) is 0 Å². The average molecular weight is 571 g/mol. The van der Waals surface area contributed by atoms with E-state index < -0.39 is 14.3 Å². The van der Waals surface area contributed by atoms with Gasteiger partial charge in [0.15, 0.2) is 14.3 Å². The summed E-state index contributed by atoms with van der Waals surface area (Å²) in [7, 11) is -6.33. The fourth-order valence-corrected chi connectivity index (χ4v) is 10.5. The molecule has 0 fully saturated rings. The maximum absolute atomic E-state index is 15.0. The van der Waals surface area contributed by atoms with E-state index in [2.05, 4.69) is 0 Å². The molecular weight excluding hydrogens is 542 g/mol. The van der Waals surface area contributed by atoms with Crippen LogP contribution in [0.1, 0.15) is 0 Å². The zero-order valence-electron chi connectivity index (χ0n) is 22.3. The first-order valence-electron chi connectivity index (χ1n) is 13.4. The summed E-state index contributed by atoms with van der Waals surface area (Å²) in [6.45, 7) is 0. The molecule has 0 spiro atoms. The van der Waals surface area contributed by atoms with E-state index >= 15 is 4.57 Å². The standard InChI is InChI=1S/C36H28O3P2/c37-40(30-15-5-1-6-16-30,31-17-7-2-8-18-31)34-27-25-29(26-28-34)39-35-23-13-14-24-36(35)41(38,32-19-9-3-10-20-32)33-21-11-4-12-22-33/h1-28H. The van der Waals surface area contributed by atoms with Gasteiger partial charge < -0.3 is 13.9 Å². The van der Waals surface area contributed by atoms with Gasteiger partial charge in [0.25, 0.3) is 0 Å². The molecule has 0 aliphatic heterocycles. The molecule has 6 aromatic carbocycles. The van der Waals surface area contributed by atoms with Crippen LogP contribution in [0.15, 0.2) is 170 Å². The monoisotopic (exact) mass is 570 g/mol. The Hall–Kier alpha value is -4.42. The summed E-state index contributed by atoms with van der Waals surface area (Å²) in [5, 5.41) is 4.37. The molecule has 0 aliphatic carbocycles. The molecule has 0 aromatic heterocycles. The number of benzene rings is 6. The molecule has 0 saturated carbocycles. The molecule has 0 amide bonds. The van der Waals surface area contributed by atoms with Crippen LogP contribution in [0.2, 0.25) is 0 Å². The van der Waals surface area contributed by atoms with Gasteiger partial charge in [0.2, 0.25) is 0 Å².